The molecule has 1 N–H and O–H groups in total. The van der Waals surface area contributed by atoms with Crippen LogP contribution in [0.15, 0.2) is 42.5 Å². The fraction of sp³-hybridized carbons (Fsp3) is 0.519. The number of amides is 2. The number of esters is 1. The van der Waals surface area contributed by atoms with Gasteiger partial charge in [0, 0.05) is 23.5 Å². The van der Waals surface area contributed by atoms with Gasteiger partial charge in [-0.1, -0.05) is 36.4 Å². The van der Waals surface area contributed by atoms with E-state index in [-0.39, 0.29) is 30.9 Å². The lowest BCUT2D eigenvalue weighted by atomic mass is 9.74. The van der Waals surface area contributed by atoms with Crippen molar-refractivity contribution in [1.29, 1.82) is 0 Å². The van der Waals surface area contributed by atoms with Gasteiger partial charge in [-0.05, 0) is 50.8 Å². The Morgan fingerprint density at radius 2 is 1.91 bits per heavy atom. The first-order chi connectivity index (χ1) is 16.7. The number of thioether (sulfide) groups is 1. The Balaban J connectivity index is 1.66. The van der Waals surface area contributed by atoms with Crippen molar-refractivity contribution >= 4 is 35.2 Å². The van der Waals surface area contributed by atoms with Crippen LogP contribution in [-0.2, 0) is 19.1 Å². The highest BCUT2D eigenvalue weighted by molar-refractivity contribution is 8.02. The first-order valence-corrected chi connectivity index (χ1v) is 13.1. The molecule has 4 aliphatic rings. The van der Waals surface area contributed by atoms with Crippen molar-refractivity contribution in [2.75, 3.05) is 31.2 Å². The maximum atomic E-state index is 14.3. The second kappa shape index (κ2) is 8.82. The topological polar surface area (TPSA) is 87.2 Å². The zero-order chi connectivity index (χ0) is 25.0. The van der Waals surface area contributed by atoms with Crippen molar-refractivity contribution in [2.24, 2.45) is 11.8 Å². The van der Waals surface area contributed by atoms with E-state index < -0.39 is 27.4 Å². The highest BCUT2D eigenvalue weighted by atomic mass is 32.2. The number of carbonyl (C=O) groups excluding carboxylic acids is 3. The average molecular weight is 497 g/mol. The van der Waals surface area contributed by atoms with Gasteiger partial charge in [0.2, 0.25) is 5.91 Å². The number of aliphatic hydroxyl groups excluding tert-OH is 1. The van der Waals surface area contributed by atoms with Crippen LogP contribution in [0.25, 0.3) is 0 Å². The summed E-state index contributed by atoms with van der Waals surface area (Å²) in [5, 5.41) is 9.82. The van der Waals surface area contributed by atoms with E-state index in [2.05, 4.69) is 6.08 Å². The summed E-state index contributed by atoms with van der Waals surface area (Å²) < 4.78 is 3.99. The van der Waals surface area contributed by atoms with E-state index in [1.807, 2.05) is 57.2 Å². The zero-order valence-electron chi connectivity index (χ0n) is 20.4. The summed E-state index contributed by atoms with van der Waals surface area (Å²) in [6, 6.07) is 5.16. The van der Waals surface area contributed by atoms with Gasteiger partial charge in [-0.3, -0.25) is 14.4 Å². The van der Waals surface area contributed by atoms with E-state index in [9.17, 15) is 19.5 Å². The molecule has 0 bridgehead atoms. The number of aryl methyl sites for hydroxylation is 2. The summed E-state index contributed by atoms with van der Waals surface area (Å²) in [7, 11) is 0. The molecule has 35 heavy (non-hydrogen) atoms. The van der Waals surface area contributed by atoms with Crippen LogP contribution in [0.3, 0.4) is 0 Å². The van der Waals surface area contributed by atoms with Crippen LogP contribution in [0, 0.1) is 25.7 Å². The van der Waals surface area contributed by atoms with Crippen LogP contribution in [0.4, 0.5) is 5.69 Å². The number of hydrogen-bond donors (Lipinski definition) is 1. The molecule has 7 nitrogen and oxygen atoms in total. The van der Waals surface area contributed by atoms with Gasteiger partial charge < -0.3 is 19.6 Å². The first kappa shape index (κ1) is 24.1. The monoisotopic (exact) mass is 496 g/mol. The molecule has 2 fully saturated rings. The molecule has 1 aromatic carbocycles. The maximum absolute atomic E-state index is 14.3. The number of nitrogens with zero attached hydrogens (tertiary/aromatic N) is 2. The van der Waals surface area contributed by atoms with Crippen LogP contribution < -0.4 is 4.90 Å². The van der Waals surface area contributed by atoms with Crippen LogP contribution >= 0.6 is 11.8 Å². The normalized spacial score (nSPS) is 35.4. The number of likely N-dealkylation sites (tertiary alicyclic amines) is 1. The minimum atomic E-state index is -0.933. The largest absolute Gasteiger partial charge is 0.465 e. The Bertz CT molecular complexity index is 1130. The number of cyclic esters (lactones) is 1. The Morgan fingerprint density at radius 3 is 2.69 bits per heavy atom. The molecule has 5 rings (SSSR count). The predicted octanol–water partition coefficient (Wildman–Crippen LogP) is 2.78. The van der Waals surface area contributed by atoms with E-state index in [1.165, 1.54) is 16.7 Å². The van der Waals surface area contributed by atoms with Gasteiger partial charge in [0.05, 0.1) is 29.8 Å². The standard InChI is InChI=1S/C27H32N2O5S/c1-17-8-9-18(2)19(16-17)28-12-7-11-27-20(23(31)29(13-14-30)22(27)24(28)32)21-25(33)34-15-6-4-5-10-26(21,3)35-27/h5,7-11,16,20-22,30H,4,6,12-15H2,1-3H3/b10-5-/t20-,21+,22?,26-,27-/m0/s1. The molecular formula is C27H32N2O5S. The van der Waals surface area contributed by atoms with E-state index in [0.717, 1.165) is 29.7 Å². The third-order valence-electron chi connectivity index (χ3n) is 7.75. The highest BCUT2D eigenvalue weighted by Gasteiger charge is 2.73. The molecule has 4 aliphatic heterocycles. The van der Waals surface area contributed by atoms with Gasteiger partial charge in [0.25, 0.3) is 5.91 Å². The van der Waals surface area contributed by atoms with Gasteiger partial charge in [-0.25, -0.2) is 0 Å². The number of fused-ring (bicyclic) bond motifs is 2. The second-order valence-corrected chi connectivity index (χ2v) is 11.9. The van der Waals surface area contributed by atoms with Crippen molar-refractivity contribution in [3.8, 4) is 0 Å². The Hall–Kier alpha value is -2.58. The summed E-state index contributed by atoms with van der Waals surface area (Å²) in [5.74, 6) is -2.31. The van der Waals surface area contributed by atoms with Gasteiger partial charge in [-0.2, -0.15) is 0 Å². The number of benzene rings is 1. The molecule has 4 heterocycles. The third-order valence-corrected chi connectivity index (χ3v) is 9.54. The minimum absolute atomic E-state index is 0.0385. The molecule has 186 valence electrons. The summed E-state index contributed by atoms with van der Waals surface area (Å²) in [4.78, 5) is 44.8. The van der Waals surface area contributed by atoms with Crippen molar-refractivity contribution in [3.63, 3.8) is 0 Å². The summed E-state index contributed by atoms with van der Waals surface area (Å²) in [5.41, 5.74) is 2.82. The Morgan fingerprint density at radius 1 is 1.11 bits per heavy atom. The average Bonchev–Trinajstić information content (AvgIpc) is 3.15. The lowest BCUT2D eigenvalue weighted by molar-refractivity contribution is -0.154. The number of ether oxygens (including phenoxy) is 1. The smallest absolute Gasteiger partial charge is 0.311 e. The fourth-order valence-corrected chi connectivity index (χ4v) is 8.36. The molecule has 0 aromatic heterocycles. The molecule has 0 saturated carbocycles. The zero-order valence-corrected chi connectivity index (χ0v) is 21.2. The number of aliphatic hydroxyl groups is 1. The van der Waals surface area contributed by atoms with E-state index in [1.54, 1.807) is 4.90 Å². The second-order valence-electron chi connectivity index (χ2n) is 10.1. The summed E-state index contributed by atoms with van der Waals surface area (Å²) in [6.07, 6.45) is 9.57. The van der Waals surface area contributed by atoms with Crippen molar-refractivity contribution in [2.45, 2.75) is 49.1 Å². The molecule has 0 aliphatic carbocycles. The predicted molar refractivity (Wildman–Crippen MR) is 135 cm³/mol. The van der Waals surface area contributed by atoms with E-state index >= 15 is 0 Å². The summed E-state index contributed by atoms with van der Waals surface area (Å²) in [6.45, 7) is 6.40. The van der Waals surface area contributed by atoms with Gasteiger partial charge in [0.1, 0.15) is 6.04 Å². The lowest BCUT2D eigenvalue weighted by Gasteiger charge is -2.37. The van der Waals surface area contributed by atoms with Crippen LogP contribution in [0.1, 0.15) is 30.9 Å². The van der Waals surface area contributed by atoms with Gasteiger partial charge in [0.15, 0.2) is 0 Å². The molecule has 2 saturated heterocycles. The highest BCUT2D eigenvalue weighted by Crippen LogP contribution is 2.65. The number of rotatable bonds is 3. The van der Waals surface area contributed by atoms with Crippen molar-refractivity contribution in [1.82, 2.24) is 4.90 Å². The van der Waals surface area contributed by atoms with E-state index in [0.29, 0.717) is 13.2 Å². The van der Waals surface area contributed by atoms with Gasteiger partial charge in [-0.15, -0.1) is 11.8 Å². The molecule has 1 spiro atoms. The fourth-order valence-electron chi connectivity index (χ4n) is 6.21. The SMILES string of the molecule is Cc1ccc(C)c(N2CC=C[C@]34S[C@@]5(C)/C=C\CCCOC(=O)[C@H]5[C@H]3C(=O)N(CCO)C4C2=O)c1. The quantitative estimate of drug-likeness (QED) is 0.512. The molecule has 1 aromatic rings. The summed E-state index contributed by atoms with van der Waals surface area (Å²) >= 11 is 1.52. The number of allylic oxidation sites excluding steroid dienone is 1. The van der Waals surface area contributed by atoms with Crippen LogP contribution in [0.2, 0.25) is 0 Å². The lowest BCUT2D eigenvalue weighted by Crippen LogP contribution is -2.54. The minimum Gasteiger partial charge on any atom is -0.465 e. The van der Waals surface area contributed by atoms with Crippen molar-refractivity contribution in [3.05, 3.63) is 53.6 Å². The Labute approximate surface area is 210 Å². The van der Waals surface area contributed by atoms with Crippen molar-refractivity contribution < 1.29 is 24.2 Å². The number of hydrogen-bond acceptors (Lipinski definition) is 6. The number of carbonyl (C=O) groups is 3. The Kier molecular flexibility index (Phi) is 6.08. The third kappa shape index (κ3) is 3.64. The molecule has 2 amide bonds. The molecule has 8 heteroatoms. The van der Waals surface area contributed by atoms with E-state index in [4.69, 9.17) is 4.74 Å². The molecule has 1 unspecified atom stereocenters. The maximum Gasteiger partial charge on any atom is 0.311 e. The number of anilines is 1. The number of β-amino-alcohol motifs (C(OH)–C–C–N with tert-alkyl or cyclic N) is 1. The van der Waals surface area contributed by atoms with Gasteiger partial charge >= 0.3 is 5.97 Å². The molecular weight excluding hydrogens is 464 g/mol. The molecule has 5 atom stereocenters. The van der Waals surface area contributed by atoms with Crippen LogP contribution in [-0.4, -0.2) is 69.6 Å². The first-order valence-electron chi connectivity index (χ1n) is 12.3. The van der Waals surface area contributed by atoms with Crippen LogP contribution in [0.5, 0.6) is 0 Å². The molecule has 0 radical (unpaired) electrons.